The molecule has 4 aliphatic carbocycles. The van der Waals surface area contributed by atoms with Crippen LogP contribution in [-0.2, 0) is 19.1 Å². The van der Waals surface area contributed by atoms with Crippen LogP contribution in [0.3, 0.4) is 0 Å². The minimum absolute atomic E-state index is 0.0728. The number of carbonyl (C=O) groups excluding carboxylic acids is 2. The lowest BCUT2D eigenvalue weighted by Gasteiger charge is -2.61. The van der Waals surface area contributed by atoms with Crippen molar-refractivity contribution in [3.63, 3.8) is 0 Å². The topological polar surface area (TPSA) is 72.8 Å². The van der Waals surface area contributed by atoms with E-state index in [0.29, 0.717) is 48.0 Å². The Morgan fingerprint density at radius 3 is 2.54 bits per heavy atom. The van der Waals surface area contributed by atoms with Crippen LogP contribution < -0.4 is 0 Å². The minimum Gasteiger partial charge on any atom is -0.465 e. The van der Waals surface area contributed by atoms with Gasteiger partial charge in [-0.15, -0.1) is 0 Å². The molecule has 198 valence electrons. The van der Waals surface area contributed by atoms with Crippen molar-refractivity contribution in [2.24, 2.45) is 46.3 Å². The highest BCUT2D eigenvalue weighted by Gasteiger charge is 2.60. The molecule has 1 heterocycles. The fraction of sp³-hybridized carbons (Fsp3) is 0.933. The van der Waals surface area contributed by atoms with Gasteiger partial charge in [0.2, 0.25) is 0 Å². The van der Waals surface area contributed by atoms with Crippen molar-refractivity contribution in [3.05, 3.63) is 0 Å². The normalized spacial score (nSPS) is 48.2. The smallest absolute Gasteiger partial charge is 0.309 e. The number of hydrogen-bond donors (Lipinski definition) is 1. The lowest BCUT2D eigenvalue weighted by atomic mass is 9.44. The molecule has 5 heteroatoms. The molecule has 5 aliphatic rings. The third-order valence-electron chi connectivity index (χ3n) is 12.0. The van der Waals surface area contributed by atoms with Gasteiger partial charge in [-0.25, -0.2) is 0 Å². The highest BCUT2D eigenvalue weighted by atomic mass is 16.6. The van der Waals surface area contributed by atoms with Gasteiger partial charge in [0.05, 0.1) is 19.1 Å². The molecule has 5 unspecified atom stereocenters. The third kappa shape index (κ3) is 4.57. The zero-order chi connectivity index (χ0) is 25.0. The summed E-state index contributed by atoms with van der Waals surface area (Å²) < 4.78 is 10.8. The van der Waals surface area contributed by atoms with E-state index in [4.69, 9.17) is 9.47 Å². The standard InChI is InChI=1S/C30H48O5/c1-19(5-10-26(32)35-28(2)15-16-34-27(33)18-28)23-8-9-24-22-7-6-20-17-21(31)11-13-29(20,3)25(22)12-14-30(23,24)4/h19-25,31H,5-18H2,1-4H3/t19-,20?,21-,22?,23-,24?,25?,28?,29+,30-/m1/s1. The van der Waals surface area contributed by atoms with Gasteiger partial charge in [-0.3, -0.25) is 9.59 Å². The molecule has 5 fully saturated rings. The van der Waals surface area contributed by atoms with Gasteiger partial charge in [0.15, 0.2) is 0 Å². The van der Waals surface area contributed by atoms with Crippen molar-refractivity contribution in [1.29, 1.82) is 0 Å². The Morgan fingerprint density at radius 1 is 1.03 bits per heavy atom. The van der Waals surface area contributed by atoms with Crippen LogP contribution in [0.25, 0.3) is 0 Å². The molecule has 5 rings (SSSR count). The molecule has 0 spiro atoms. The van der Waals surface area contributed by atoms with Crippen LogP contribution in [0, 0.1) is 46.3 Å². The molecular formula is C30H48O5. The first-order valence-corrected chi connectivity index (χ1v) is 14.6. The van der Waals surface area contributed by atoms with Crippen LogP contribution in [0.1, 0.15) is 111 Å². The summed E-state index contributed by atoms with van der Waals surface area (Å²) in [4.78, 5) is 24.4. The van der Waals surface area contributed by atoms with E-state index in [0.717, 1.165) is 37.0 Å². The molecular weight excluding hydrogens is 440 g/mol. The van der Waals surface area contributed by atoms with Gasteiger partial charge in [0.25, 0.3) is 0 Å². The highest BCUT2D eigenvalue weighted by Crippen LogP contribution is 2.68. The number of aliphatic hydroxyl groups is 1. The average Bonchev–Trinajstić information content (AvgIpc) is 3.15. The summed E-state index contributed by atoms with van der Waals surface area (Å²) in [7, 11) is 0. The third-order valence-corrected chi connectivity index (χ3v) is 12.0. The Morgan fingerprint density at radius 2 is 1.77 bits per heavy atom. The highest BCUT2D eigenvalue weighted by molar-refractivity contribution is 5.74. The van der Waals surface area contributed by atoms with E-state index in [-0.39, 0.29) is 24.5 Å². The van der Waals surface area contributed by atoms with Gasteiger partial charge in [-0.2, -0.15) is 0 Å². The van der Waals surface area contributed by atoms with E-state index in [1.807, 2.05) is 6.92 Å². The van der Waals surface area contributed by atoms with Crippen molar-refractivity contribution < 1.29 is 24.2 Å². The molecule has 35 heavy (non-hydrogen) atoms. The zero-order valence-electron chi connectivity index (χ0n) is 22.5. The molecule has 1 aliphatic heterocycles. The summed E-state index contributed by atoms with van der Waals surface area (Å²) >= 11 is 0. The predicted molar refractivity (Wildman–Crippen MR) is 134 cm³/mol. The fourth-order valence-electron chi connectivity index (χ4n) is 10.00. The molecule has 0 radical (unpaired) electrons. The van der Waals surface area contributed by atoms with E-state index >= 15 is 0 Å². The van der Waals surface area contributed by atoms with Crippen molar-refractivity contribution in [2.75, 3.05) is 6.61 Å². The summed E-state index contributed by atoms with van der Waals surface area (Å²) in [5.41, 5.74) is 0.113. The number of aliphatic hydroxyl groups excluding tert-OH is 1. The summed E-state index contributed by atoms with van der Waals surface area (Å²) in [5.74, 6) is 3.97. The number of hydrogen-bond acceptors (Lipinski definition) is 5. The molecule has 1 saturated heterocycles. The van der Waals surface area contributed by atoms with E-state index < -0.39 is 5.60 Å². The van der Waals surface area contributed by atoms with E-state index in [1.54, 1.807) is 0 Å². The predicted octanol–water partition coefficient (Wildman–Crippen LogP) is 6.06. The Kier molecular flexibility index (Phi) is 6.81. The van der Waals surface area contributed by atoms with Crippen molar-refractivity contribution >= 4 is 11.9 Å². The molecule has 10 atom stereocenters. The van der Waals surface area contributed by atoms with Crippen LogP contribution >= 0.6 is 0 Å². The van der Waals surface area contributed by atoms with Crippen molar-refractivity contribution in [3.8, 4) is 0 Å². The first kappa shape index (κ1) is 25.5. The Balaban J connectivity index is 1.19. The Labute approximate surface area is 212 Å². The van der Waals surface area contributed by atoms with Gasteiger partial charge >= 0.3 is 11.9 Å². The second kappa shape index (κ2) is 9.33. The van der Waals surface area contributed by atoms with Crippen LogP contribution in [-0.4, -0.2) is 35.4 Å². The van der Waals surface area contributed by atoms with Crippen LogP contribution in [0.4, 0.5) is 0 Å². The van der Waals surface area contributed by atoms with Gasteiger partial charge in [-0.1, -0.05) is 20.8 Å². The second-order valence-electron chi connectivity index (χ2n) is 13.9. The number of fused-ring (bicyclic) bond motifs is 5. The second-order valence-corrected chi connectivity index (χ2v) is 13.9. The van der Waals surface area contributed by atoms with E-state index in [9.17, 15) is 14.7 Å². The minimum atomic E-state index is -0.706. The number of cyclic esters (lactones) is 1. The molecule has 0 aromatic rings. The Bertz CT molecular complexity index is 826. The van der Waals surface area contributed by atoms with Crippen molar-refractivity contribution in [1.82, 2.24) is 0 Å². The first-order chi connectivity index (χ1) is 16.5. The molecule has 0 amide bonds. The summed E-state index contributed by atoms with van der Waals surface area (Å²) in [6.45, 7) is 9.70. The molecule has 1 N–H and O–H groups in total. The maximum atomic E-state index is 12.7. The van der Waals surface area contributed by atoms with Crippen LogP contribution in [0.2, 0.25) is 0 Å². The Hall–Kier alpha value is -1.10. The van der Waals surface area contributed by atoms with Gasteiger partial charge in [0.1, 0.15) is 5.60 Å². The fourth-order valence-corrected chi connectivity index (χ4v) is 10.00. The van der Waals surface area contributed by atoms with Crippen LogP contribution in [0.5, 0.6) is 0 Å². The number of rotatable bonds is 5. The first-order valence-electron chi connectivity index (χ1n) is 14.6. The quantitative estimate of drug-likeness (QED) is 0.476. The maximum Gasteiger partial charge on any atom is 0.309 e. The SMILES string of the molecule is C[C@H](CCC(=O)OC1(C)CCOC(=O)C1)[C@H]1CCC2C3CCC4C[C@H](O)CC[C@]4(C)C3CC[C@@]21C. The van der Waals surface area contributed by atoms with Gasteiger partial charge in [0, 0.05) is 12.8 Å². The van der Waals surface area contributed by atoms with Crippen molar-refractivity contribution in [2.45, 2.75) is 123 Å². The van der Waals surface area contributed by atoms with E-state index in [2.05, 4.69) is 20.8 Å². The lowest BCUT2D eigenvalue weighted by molar-refractivity contribution is -0.175. The number of carbonyl (C=O) groups is 2. The summed E-state index contributed by atoms with van der Waals surface area (Å²) in [6, 6.07) is 0. The van der Waals surface area contributed by atoms with Crippen LogP contribution in [0.15, 0.2) is 0 Å². The maximum absolute atomic E-state index is 12.7. The molecule has 5 nitrogen and oxygen atoms in total. The summed E-state index contributed by atoms with van der Waals surface area (Å²) in [6.07, 6.45) is 13.2. The summed E-state index contributed by atoms with van der Waals surface area (Å²) in [5, 5.41) is 10.3. The molecule has 0 aromatic carbocycles. The molecule has 0 bridgehead atoms. The number of ether oxygens (including phenoxy) is 2. The monoisotopic (exact) mass is 488 g/mol. The molecule has 4 saturated carbocycles. The lowest BCUT2D eigenvalue weighted by Crippen LogP contribution is -2.54. The van der Waals surface area contributed by atoms with Gasteiger partial charge in [-0.05, 0) is 117 Å². The zero-order valence-corrected chi connectivity index (χ0v) is 22.5. The van der Waals surface area contributed by atoms with E-state index in [1.165, 1.54) is 44.9 Å². The molecule has 0 aromatic heterocycles. The van der Waals surface area contributed by atoms with Gasteiger partial charge < -0.3 is 14.6 Å². The average molecular weight is 489 g/mol. The largest absolute Gasteiger partial charge is 0.465 e. The number of esters is 2.